The second-order valence-corrected chi connectivity index (χ2v) is 7.46. The summed E-state index contributed by atoms with van der Waals surface area (Å²) in [6, 6.07) is 12.4. The number of non-ortho nitro benzene ring substituents is 1. The summed E-state index contributed by atoms with van der Waals surface area (Å²) in [5.74, 6) is 0.615. The lowest BCUT2D eigenvalue weighted by Crippen LogP contribution is -2.24. The number of amides is 2. The van der Waals surface area contributed by atoms with Crippen LogP contribution in [0.25, 0.3) is 0 Å². The number of carbonyl (C=O) groups is 2. The van der Waals surface area contributed by atoms with E-state index in [0.29, 0.717) is 28.0 Å². The van der Waals surface area contributed by atoms with Gasteiger partial charge in [-0.2, -0.15) is 0 Å². The van der Waals surface area contributed by atoms with E-state index in [2.05, 4.69) is 20.8 Å². The summed E-state index contributed by atoms with van der Waals surface area (Å²) in [6.07, 6.45) is 0. The molecule has 2 N–H and O–H groups in total. The van der Waals surface area contributed by atoms with E-state index in [9.17, 15) is 19.7 Å². The second-order valence-electron chi connectivity index (χ2n) is 6.51. The van der Waals surface area contributed by atoms with Gasteiger partial charge in [0.2, 0.25) is 5.91 Å². The van der Waals surface area contributed by atoms with E-state index in [1.54, 1.807) is 35.9 Å². The van der Waals surface area contributed by atoms with Crippen LogP contribution in [0, 0.1) is 10.1 Å². The van der Waals surface area contributed by atoms with Gasteiger partial charge < -0.3 is 19.9 Å². The zero-order valence-corrected chi connectivity index (χ0v) is 18.1. The molecule has 3 aromatic rings. The molecule has 1 aromatic heterocycles. The maximum atomic E-state index is 12.3. The van der Waals surface area contributed by atoms with Gasteiger partial charge in [-0.3, -0.25) is 19.7 Å². The number of methoxy groups -OCH3 is 1. The molecule has 0 saturated heterocycles. The maximum absolute atomic E-state index is 12.3. The van der Waals surface area contributed by atoms with Crippen molar-refractivity contribution in [1.29, 1.82) is 0 Å². The van der Waals surface area contributed by atoms with E-state index in [4.69, 9.17) is 4.74 Å². The SMILES string of the molecule is COc1cccc(C(=O)NCc2nnc(SCC(=O)Nc3ccc([N+](=O)[O-])cc3)n2C)c1. The van der Waals surface area contributed by atoms with Gasteiger partial charge in [-0.25, -0.2) is 0 Å². The number of nitro benzene ring substituents is 1. The highest BCUT2D eigenvalue weighted by Crippen LogP contribution is 2.18. The molecule has 0 spiro atoms. The van der Waals surface area contributed by atoms with Gasteiger partial charge in [0.25, 0.3) is 11.6 Å². The summed E-state index contributed by atoms with van der Waals surface area (Å²) in [4.78, 5) is 34.7. The van der Waals surface area contributed by atoms with Crippen LogP contribution in [0.5, 0.6) is 5.75 Å². The quantitative estimate of drug-likeness (QED) is 0.284. The third-order valence-electron chi connectivity index (χ3n) is 4.36. The Labute approximate surface area is 187 Å². The number of nitrogens with one attached hydrogen (secondary N) is 2. The first kappa shape index (κ1) is 22.7. The molecule has 0 aliphatic rings. The number of benzene rings is 2. The molecule has 3 rings (SSSR count). The fourth-order valence-electron chi connectivity index (χ4n) is 2.64. The molecule has 11 nitrogen and oxygen atoms in total. The molecule has 0 fully saturated rings. The zero-order chi connectivity index (χ0) is 23.1. The third kappa shape index (κ3) is 5.82. The Kier molecular flexibility index (Phi) is 7.39. The van der Waals surface area contributed by atoms with Gasteiger partial charge in [0.1, 0.15) is 5.75 Å². The Morgan fingerprint density at radius 3 is 2.62 bits per heavy atom. The molecule has 12 heteroatoms. The number of anilines is 1. The van der Waals surface area contributed by atoms with Crippen LogP contribution in [-0.4, -0.2) is 44.4 Å². The first-order valence-corrected chi connectivity index (χ1v) is 10.3. The van der Waals surface area contributed by atoms with E-state index in [1.807, 2.05) is 0 Å². The largest absolute Gasteiger partial charge is 0.497 e. The van der Waals surface area contributed by atoms with Gasteiger partial charge in [-0.15, -0.1) is 10.2 Å². The first-order chi connectivity index (χ1) is 15.4. The summed E-state index contributed by atoms with van der Waals surface area (Å²) < 4.78 is 6.81. The van der Waals surface area contributed by atoms with Gasteiger partial charge in [0, 0.05) is 30.4 Å². The number of hydrogen-bond donors (Lipinski definition) is 2. The fraction of sp³-hybridized carbons (Fsp3) is 0.200. The van der Waals surface area contributed by atoms with Crippen molar-refractivity contribution in [3.63, 3.8) is 0 Å². The molecule has 32 heavy (non-hydrogen) atoms. The summed E-state index contributed by atoms with van der Waals surface area (Å²) in [5, 5.41) is 24.7. The molecule has 2 amide bonds. The highest BCUT2D eigenvalue weighted by atomic mass is 32.2. The zero-order valence-electron chi connectivity index (χ0n) is 17.3. The number of nitro groups is 1. The smallest absolute Gasteiger partial charge is 0.269 e. The topological polar surface area (TPSA) is 141 Å². The second kappa shape index (κ2) is 10.4. The number of aromatic nitrogens is 3. The highest BCUT2D eigenvalue weighted by molar-refractivity contribution is 7.99. The minimum atomic E-state index is -0.508. The van der Waals surface area contributed by atoms with Crippen molar-refractivity contribution in [2.24, 2.45) is 7.05 Å². The monoisotopic (exact) mass is 456 g/mol. The van der Waals surface area contributed by atoms with Gasteiger partial charge in [0.05, 0.1) is 24.3 Å². The average molecular weight is 456 g/mol. The Balaban J connectivity index is 1.51. The predicted octanol–water partition coefficient (Wildman–Crippen LogP) is 2.39. The standard InChI is InChI=1S/C20H20N6O5S/c1-25-17(11-21-19(28)13-4-3-5-16(10-13)31-2)23-24-20(25)32-12-18(27)22-14-6-8-15(9-7-14)26(29)30/h3-10H,11-12H2,1-2H3,(H,21,28)(H,22,27). The molecule has 0 bridgehead atoms. The fourth-order valence-corrected chi connectivity index (χ4v) is 3.37. The van der Waals surface area contributed by atoms with E-state index < -0.39 is 4.92 Å². The lowest BCUT2D eigenvalue weighted by atomic mass is 10.2. The molecule has 0 aliphatic carbocycles. The minimum absolute atomic E-state index is 0.0533. The normalized spacial score (nSPS) is 10.4. The summed E-state index contributed by atoms with van der Waals surface area (Å²) in [5.41, 5.74) is 0.867. The van der Waals surface area contributed by atoms with Gasteiger partial charge >= 0.3 is 0 Å². The Bertz CT molecular complexity index is 1130. The van der Waals surface area contributed by atoms with Crippen LogP contribution < -0.4 is 15.4 Å². The molecule has 2 aromatic carbocycles. The van der Waals surface area contributed by atoms with Crippen LogP contribution in [0.1, 0.15) is 16.2 Å². The minimum Gasteiger partial charge on any atom is -0.497 e. The maximum Gasteiger partial charge on any atom is 0.269 e. The molecule has 166 valence electrons. The lowest BCUT2D eigenvalue weighted by Gasteiger charge is -2.07. The van der Waals surface area contributed by atoms with Crippen molar-refractivity contribution >= 4 is 35.0 Å². The van der Waals surface area contributed by atoms with Crippen LogP contribution in [0.3, 0.4) is 0 Å². The van der Waals surface area contributed by atoms with Crippen LogP contribution in [0.15, 0.2) is 53.7 Å². The van der Waals surface area contributed by atoms with E-state index >= 15 is 0 Å². The van der Waals surface area contributed by atoms with Gasteiger partial charge in [0.15, 0.2) is 11.0 Å². The molecular weight excluding hydrogens is 436 g/mol. The van der Waals surface area contributed by atoms with Crippen molar-refractivity contribution in [3.05, 3.63) is 70.0 Å². The summed E-state index contributed by atoms with van der Waals surface area (Å²) in [6.45, 7) is 0.162. The number of hydrogen-bond acceptors (Lipinski definition) is 8. The Morgan fingerprint density at radius 1 is 1.19 bits per heavy atom. The van der Waals surface area contributed by atoms with Gasteiger partial charge in [-0.1, -0.05) is 17.8 Å². The Morgan fingerprint density at radius 2 is 1.94 bits per heavy atom. The van der Waals surface area contributed by atoms with Crippen LogP contribution in [-0.2, 0) is 18.4 Å². The molecule has 0 saturated carbocycles. The van der Waals surface area contributed by atoms with Gasteiger partial charge in [-0.05, 0) is 30.3 Å². The lowest BCUT2D eigenvalue weighted by molar-refractivity contribution is -0.384. The van der Waals surface area contributed by atoms with Crippen molar-refractivity contribution in [1.82, 2.24) is 20.1 Å². The van der Waals surface area contributed by atoms with Crippen molar-refractivity contribution in [2.45, 2.75) is 11.7 Å². The van der Waals surface area contributed by atoms with E-state index in [1.165, 1.54) is 43.1 Å². The third-order valence-corrected chi connectivity index (χ3v) is 5.38. The summed E-state index contributed by atoms with van der Waals surface area (Å²) in [7, 11) is 3.27. The predicted molar refractivity (Wildman–Crippen MR) is 118 cm³/mol. The highest BCUT2D eigenvalue weighted by Gasteiger charge is 2.14. The first-order valence-electron chi connectivity index (χ1n) is 9.35. The number of rotatable bonds is 9. The molecule has 0 unspecified atom stereocenters. The van der Waals surface area contributed by atoms with Crippen LogP contribution in [0.2, 0.25) is 0 Å². The molecule has 0 atom stereocenters. The van der Waals surface area contributed by atoms with Crippen molar-refractivity contribution < 1.29 is 19.2 Å². The number of nitrogens with zero attached hydrogens (tertiary/aromatic N) is 4. The Hall–Kier alpha value is -3.93. The van der Waals surface area contributed by atoms with Crippen molar-refractivity contribution in [3.8, 4) is 5.75 Å². The van der Waals surface area contributed by atoms with Crippen molar-refractivity contribution in [2.75, 3.05) is 18.2 Å². The van der Waals surface area contributed by atoms with E-state index in [-0.39, 0.29) is 29.8 Å². The summed E-state index contributed by atoms with van der Waals surface area (Å²) >= 11 is 1.18. The molecular formula is C20H20N6O5S. The van der Waals surface area contributed by atoms with Crippen LogP contribution in [0.4, 0.5) is 11.4 Å². The number of carbonyl (C=O) groups excluding carboxylic acids is 2. The number of ether oxygens (including phenoxy) is 1. The van der Waals surface area contributed by atoms with Crippen LogP contribution >= 0.6 is 11.8 Å². The van der Waals surface area contributed by atoms with E-state index in [0.717, 1.165) is 0 Å². The number of thioether (sulfide) groups is 1. The molecule has 1 heterocycles. The average Bonchev–Trinajstić information content (AvgIpc) is 3.15. The molecule has 0 aliphatic heterocycles. The molecule has 0 radical (unpaired) electrons.